The minimum Gasteiger partial charge on any atom is -0.478 e. The van der Waals surface area contributed by atoms with Gasteiger partial charge in [-0.25, -0.2) is 13.7 Å². The Bertz CT molecular complexity index is 1880. The Morgan fingerprint density at radius 1 is 0.825 bits per heavy atom. The van der Waals surface area contributed by atoms with Gasteiger partial charge in [-0.2, -0.15) is 0 Å². The Kier molecular flexibility index (Phi) is 6.49. The van der Waals surface area contributed by atoms with Crippen molar-refractivity contribution in [1.29, 1.82) is 0 Å². The van der Waals surface area contributed by atoms with Gasteiger partial charge in [0.25, 0.3) is 5.91 Å². The maximum absolute atomic E-state index is 13.6. The third-order valence-corrected chi connectivity index (χ3v) is 6.84. The molecule has 2 heterocycles. The summed E-state index contributed by atoms with van der Waals surface area (Å²) in [5.74, 6) is -1.70. The molecule has 0 atom stereocenters. The van der Waals surface area contributed by atoms with Crippen LogP contribution in [0.2, 0.25) is 0 Å². The number of pyridine rings is 1. The molecule has 0 aliphatic carbocycles. The molecule has 0 unspecified atom stereocenters. The summed E-state index contributed by atoms with van der Waals surface area (Å²) in [5, 5.41) is 23.1. The van der Waals surface area contributed by atoms with Gasteiger partial charge in [0, 0.05) is 24.7 Å². The van der Waals surface area contributed by atoms with Crippen LogP contribution in [0.3, 0.4) is 0 Å². The lowest BCUT2D eigenvalue weighted by Gasteiger charge is -2.11. The fraction of sp³-hybridized carbons (Fsp3) is 0.0625. The zero-order valence-corrected chi connectivity index (χ0v) is 21.2. The molecule has 0 spiro atoms. The van der Waals surface area contributed by atoms with E-state index in [1.165, 1.54) is 24.3 Å². The maximum Gasteiger partial charge on any atom is 0.335 e. The first kappa shape index (κ1) is 24.9. The third-order valence-electron chi connectivity index (χ3n) is 6.84. The molecular formula is C32H23FN4O3. The van der Waals surface area contributed by atoms with Crippen molar-refractivity contribution >= 4 is 28.2 Å². The third kappa shape index (κ3) is 5.02. The van der Waals surface area contributed by atoms with Gasteiger partial charge >= 0.3 is 5.97 Å². The highest BCUT2D eigenvalue weighted by Crippen LogP contribution is 2.27. The number of hydrogen-bond acceptors (Lipinski definition) is 4. The number of aromatic nitrogens is 3. The average molecular weight is 531 g/mol. The van der Waals surface area contributed by atoms with Gasteiger partial charge in [-0.05, 0) is 57.8 Å². The fourth-order valence-corrected chi connectivity index (χ4v) is 4.77. The highest BCUT2D eigenvalue weighted by Gasteiger charge is 2.19. The smallest absolute Gasteiger partial charge is 0.335 e. The number of aromatic carboxylic acids is 1. The molecule has 0 fully saturated rings. The topological polar surface area (TPSA) is 96.6 Å². The summed E-state index contributed by atoms with van der Waals surface area (Å²) in [7, 11) is 0. The first-order chi connectivity index (χ1) is 19.4. The first-order valence-corrected chi connectivity index (χ1v) is 12.7. The lowest BCUT2D eigenvalue weighted by Crippen LogP contribution is -2.24. The van der Waals surface area contributed by atoms with Crippen molar-refractivity contribution in [2.75, 3.05) is 0 Å². The van der Waals surface area contributed by atoms with E-state index in [-0.39, 0.29) is 23.8 Å². The number of nitrogens with zero attached hydrogens (tertiary/aromatic N) is 3. The van der Waals surface area contributed by atoms with Crippen LogP contribution in [-0.2, 0) is 13.0 Å². The van der Waals surface area contributed by atoms with E-state index in [1.807, 2.05) is 18.2 Å². The highest BCUT2D eigenvalue weighted by atomic mass is 19.1. The van der Waals surface area contributed by atoms with Gasteiger partial charge in [-0.1, -0.05) is 71.9 Å². The summed E-state index contributed by atoms with van der Waals surface area (Å²) in [6, 6.07) is 28.4. The van der Waals surface area contributed by atoms with E-state index in [1.54, 1.807) is 41.0 Å². The lowest BCUT2D eigenvalue weighted by molar-refractivity contribution is 0.0696. The molecule has 40 heavy (non-hydrogen) atoms. The second-order valence-corrected chi connectivity index (χ2v) is 9.52. The predicted molar refractivity (Wildman–Crippen MR) is 150 cm³/mol. The van der Waals surface area contributed by atoms with Gasteiger partial charge in [0.2, 0.25) is 0 Å². The quantitative estimate of drug-likeness (QED) is 0.268. The van der Waals surface area contributed by atoms with E-state index in [0.717, 1.165) is 27.5 Å². The molecule has 1 amide bonds. The molecule has 0 saturated heterocycles. The molecule has 0 aliphatic heterocycles. The molecular weight excluding hydrogens is 507 g/mol. The van der Waals surface area contributed by atoms with Crippen LogP contribution in [0.25, 0.3) is 27.4 Å². The van der Waals surface area contributed by atoms with E-state index >= 15 is 0 Å². The van der Waals surface area contributed by atoms with Crippen LogP contribution in [-0.4, -0.2) is 31.8 Å². The van der Waals surface area contributed by atoms with Crippen molar-refractivity contribution in [3.63, 3.8) is 0 Å². The number of fused-ring (bicyclic) bond motifs is 2. The minimum absolute atomic E-state index is 0.174. The Hall–Kier alpha value is -5.37. The van der Waals surface area contributed by atoms with E-state index < -0.39 is 5.97 Å². The van der Waals surface area contributed by atoms with Crippen molar-refractivity contribution in [3.8, 4) is 11.1 Å². The minimum atomic E-state index is -1.01. The summed E-state index contributed by atoms with van der Waals surface area (Å²) in [4.78, 5) is 24.7. The Morgan fingerprint density at radius 2 is 1.55 bits per heavy atom. The molecule has 7 nitrogen and oxygen atoms in total. The van der Waals surface area contributed by atoms with Crippen LogP contribution in [0.15, 0.2) is 103 Å². The first-order valence-electron chi connectivity index (χ1n) is 12.7. The Balaban J connectivity index is 1.37. The molecule has 8 heteroatoms. The number of rotatable bonds is 7. The summed E-state index contributed by atoms with van der Waals surface area (Å²) in [6.07, 6.45) is 2.25. The van der Waals surface area contributed by atoms with Gasteiger partial charge in [0.1, 0.15) is 11.3 Å². The van der Waals surface area contributed by atoms with Gasteiger partial charge in [-0.15, -0.1) is 5.10 Å². The maximum atomic E-state index is 13.6. The van der Waals surface area contributed by atoms with Crippen molar-refractivity contribution < 1.29 is 19.1 Å². The number of hydrogen-bond donors (Lipinski definition) is 2. The van der Waals surface area contributed by atoms with E-state index in [0.29, 0.717) is 28.8 Å². The molecule has 2 aromatic heterocycles. The van der Waals surface area contributed by atoms with Gasteiger partial charge < -0.3 is 10.4 Å². The van der Waals surface area contributed by atoms with Gasteiger partial charge in [-0.3, -0.25) is 4.79 Å². The number of halogens is 1. The molecule has 6 rings (SSSR count). The summed E-state index contributed by atoms with van der Waals surface area (Å²) < 4.78 is 15.2. The van der Waals surface area contributed by atoms with Crippen molar-refractivity contribution in [1.82, 2.24) is 20.1 Å². The molecule has 2 N–H and O–H groups in total. The normalized spacial score (nSPS) is 11.1. The van der Waals surface area contributed by atoms with E-state index in [4.69, 9.17) is 5.11 Å². The zero-order valence-electron chi connectivity index (χ0n) is 21.2. The zero-order chi connectivity index (χ0) is 27.6. The molecule has 0 saturated carbocycles. The van der Waals surface area contributed by atoms with Crippen molar-refractivity contribution in [3.05, 3.63) is 137 Å². The number of nitrogens with one attached hydrogen (secondary N) is 1. The van der Waals surface area contributed by atoms with E-state index in [9.17, 15) is 14.0 Å². The van der Waals surface area contributed by atoms with Crippen LogP contribution < -0.4 is 5.32 Å². The van der Waals surface area contributed by atoms with Crippen LogP contribution in [0, 0.1) is 5.82 Å². The standard InChI is InChI=1S/C32H23FN4O3/c33-27-13-11-23(12-14-27)26-17-28(31(38)34-18-20-5-9-24(10-6-20)32(39)40)30-29(35-36-37(30)19-26)16-21-7-8-22-3-1-2-4-25(22)15-21/h1-15,17,19H,16,18H2,(H,34,38)(H,39,40). The number of benzene rings is 4. The summed E-state index contributed by atoms with van der Waals surface area (Å²) in [6.45, 7) is 0.202. The number of amides is 1. The molecule has 4 aromatic carbocycles. The van der Waals surface area contributed by atoms with Gasteiger partial charge in [0.05, 0.1) is 16.8 Å². The Labute approximate surface area is 228 Å². The molecule has 196 valence electrons. The van der Waals surface area contributed by atoms with Crippen molar-refractivity contribution in [2.45, 2.75) is 13.0 Å². The second kappa shape index (κ2) is 10.4. The summed E-state index contributed by atoms with van der Waals surface area (Å²) >= 11 is 0. The molecule has 0 bridgehead atoms. The largest absolute Gasteiger partial charge is 0.478 e. The molecule has 6 aromatic rings. The van der Waals surface area contributed by atoms with Gasteiger partial charge in [0.15, 0.2) is 0 Å². The SMILES string of the molecule is O=C(O)c1ccc(CNC(=O)c2cc(-c3ccc(F)cc3)cn3nnc(Cc4ccc5ccccc5c4)c23)cc1. The highest BCUT2D eigenvalue weighted by molar-refractivity contribution is 6.02. The molecule has 0 radical (unpaired) electrons. The van der Waals surface area contributed by atoms with E-state index in [2.05, 4.69) is 39.9 Å². The number of carbonyl (C=O) groups is 2. The van der Waals surface area contributed by atoms with Crippen molar-refractivity contribution in [2.24, 2.45) is 0 Å². The predicted octanol–water partition coefficient (Wildman–Crippen LogP) is 5.91. The molecule has 0 aliphatic rings. The number of carboxylic acid groups (broad SMARTS) is 1. The number of carbonyl (C=O) groups excluding carboxylic acids is 1. The van der Waals surface area contributed by atoms with Crippen LogP contribution in [0.5, 0.6) is 0 Å². The Morgan fingerprint density at radius 3 is 2.30 bits per heavy atom. The van der Waals surface area contributed by atoms with Crippen LogP contribution in [0.1, 0.15) is 37.5 Å². The monoisotopic (exact) mass is 530 g/mol. The second-order valence-electron chi connectivity index (χ2n) is 9.52. The lowest BCUT2D eigenvalue weighted by atomic mass is 10.0. The summed E-state index contributed by atoms with van der Waals surface area (Å²) in [5.41, 5.74) is 4.99. The van der Waals surface area contributed by atoms with Crippen LogP contribution >= 0.6 is 0 Å². The number of carboxylic acids is 1. The van der Waals surface area contributed by atoms with Crippen LogP contribution in [0.4, 0.5) is 4.39 Å². The fourth-order valence-electron chi connectivity index (χ4n) is 4.77. The average Bonchev–Trinajstić information content (AvgIpc) is 3.38.